The summed E-state index contributed by atoms with van der Waals surface area (Å²) in [4.78, 5) is 28.6. The normalized spacial score (nSPS) is 23.1. The Labute approximate surface area is 200 Å². The van der Waals surface area contributed by atoms with Gasteiger partial charge in [0.2, 0.25) is 11.8 Å². The van der Waals surface area contributed by atoms with Crippen LogP contribution in [-0.2, 0) is 22.4 Å². The first kappa shape index (κ1) is 23.6. The predicted octanol–water partition coefficient (Wildman–Crippen LogP) is 3.36. The second kappa shape index (κ2) is 10.6. The minimum absolute atomic E-state index is 0.123. The molecule has 2 bridgehead atoms. The summed E-state index contributed by atoms with van der Waals surface area (Å²) < 4.78 is 5.18. The summed E-state index contributed by atoms with van der Waals surface area (Å²) in [7, 11) is 3.79. The topological polar surface area (TPSA) is 70.7 Å². The van der Waals surface area contributed by atoms with Crippen LogP contribution in [0, 0.1) is 0 Å². The maximum atomic E-state index is 13.3. The van der Waals surface area contributed by atoms with Gasteiger partial charge in [-0.25, -0.2) is 0 Å². The molecule has 6 nitrogen and oxygen atoms in total. The van der Waals surface area contributed by atoms with Gasteiger partial charge in [0.25, 0.3) is 0 Å². The van der Waals surface area contributed by atoms with Crippen molar-refractivity contribution >= 4 is 23.4 Å². The number of hydrogen-bond acceptors (Lipinski definition) is 4. The number of amides is 2. The van der Waals surface area contributed by atoms with Crippen LogP contribution < -0.4 is 15.4 Å². The Morgan fingerprint density at radius 1 is 1.03 bits per heavy atom. The quantitative estimate of drug-likeness (QED) is 0.622. The molecule has 1 unspecified atom stereocenters. The zero-order valence-electron chi connectivity index (χ0n) is 19.2. The minimum atomic E-state index is -0.644. The summed E-state index contributed by atoms with van der Waals surface area (Å²) in [5.41, 5.74) is 1.82. The number of ether oxygens (including phenoxy) is 1. The second-order valence-corrected chi connectivity index (χ2v) is 9.64. The lowest BCUT2D eigenvalue weighted by Gasteiger charge is -2.37. The van der Waals surface area contributed by atoms with Crippen LogP contribution in [0.1, 0.15) is 36.8 Å². The van der Waals surface area contributed by atoms with E-state index in [0.717, 1.165) is 29.7 Å². The van der Waals surface area contributed by atoms with Gasteiger partial charge in [-0.05, 0) is 68.1 Å². The Morgan fingerprint density at radius 2 is 1.64 bits per heavy atom. The standard InChI is InChI=1S/C26H32ClN3O3/c1-30-21-9-10-22(30)16-20(15-21)28-26(32)24(13-17-3-7-19(27)8-4-17)29-25(31)14-18-5-11-23(33-2)12-6-18/h3-8,11-12,20-22,24H,9-10,13-16H2,1-2H3,(H,28,32)(H,29,31)/t20?,21-,22+,24-/m1/s1. The van der Waals surface area contributed by atoms with Gasteiger partial charge in [-0.1, -0.05) is 35.9 Å². The van der Waals surface area contributed by atoms with Crippen LogP contribution in [0.3, 0.4) is 0 Å². The number of piperidine rings is 1. The summed E-state index contributed by atoms with van der Waals surface area (Å²) in [5.74, 6) is 0.436. The van der Waals surface area contributed by atoms with E-state index in [1.54, 1.807) is 19.2 Å². The molecule has 4 rings (SSSR count). The van der Waals surface area contributed by atoms with Gasteiger partial charge >= 0.3 is 0 Å². The molecule has 2 N–H and O–H groups in total. The van der Waals surface area contributed by atoms with Gasteiger partial charge in [0.05, 0.1) is 13.5 Å². The molecule has 33 heavy (non-hydrogen) atoms. The van der Waals surface area contributed by atoms with Gasteiger partial charge in [-0.15, -0.1) is 0 Å². The molecule has 7 heteroatoms. The average molecular weight is 470 g/mol. The van der Waals surface area contributed by atoms with Gasteiger partial charge in [-0.3, -0.25) is 9.59 Å². The molecule has 4 atom stereocenters. The Kier molecular flexibility index (Phi) is 7.56. The predicted molar refractivity (Wildman–Crippen MR) is 130 cm³/mol. The third kappa shape index (κ3) is 6.06. The Bertz CT molecular complexity index is 950. The molecule has 2 heterocycles. The summed E-state index contributed by atoms with van der Waals surface area (Å²) in [5, 5.41) is 6.84. The molecule has 0 radical (unpaired) electrons. The third-order valence-electron chi connectivity index (χ3n) is 6.97. The molecule has 176 valence electrons. The molecule has 0 spiro atoms. The van der Waals surface area contributed by atoms with Crippen molar-refractivity contribution < 1.29 is 14.3 Å². The van der Waals surface area contributed by atoms with E-state index >= 15 is 0 Å². The highest BCUT2D eigenvalue weighted by atomic mass is 35.5. The SMILES string of the molecule is COc1ccc(CC(=O)N[C@H](Cc2ccc(Cl)cc2)C(=O)NC2C[C@H]3CC[C@@H](C2)N3C)cc1. The van der Waals surface area contributed by atoms with E-state index in [2.05, 4.69) is 22.6 Å². The number of methoxy groups -OCH3 is 1. The van der Waals surface area contributed by atoms with Crippen LogP contribution in [0.4, 0.5) is 0 Å². The molecule has 2 amide bonds. The van der Waals surface area contributed by atoms with Crippen molar-refractivity contribution in [1.82, 2.24) is 15.5 Å². The number of carbonyl (C=O) groups is 2. The van der Waals surface area contributed by atoms with Crippen molar-refractivity contribution in [2.45, 2.75) is 62.7 Å². The lowest BCUT2D eigenvalue weighted by Crippen LogP contribution is -2.54. The van der Waals surface area contributed by atoms with Gasteiger partial charge in [0, 0.05) is 29.6 Å². The fourth-order valence-corrected chi connectivity index (χ4v) is 5.20. The largest absolute Gasteiger partial charge is 0.497 e. The van der Waals surface area contributed by atoms with Gasteiger partial charge in [-0.2, -0.15) is 0 Å². The van der Waals surface area contributed by atoms with Gasteiger partial charge in [0.15, 0.2) is 0 Å². The van der Waals surface area contributed by atoms with Crippen molar-refractivity contribution in [3.8, 4) is 5.75 Å². The number of nitrogens with zero attached hydrogens (tertiary/aromatic N) is 1. The van der Waals surface area contributed by atoms with Gasteiger partial charge in [0.1, 0.15) is 11.8 Å². The summed E-state index contributed by atoms with van der Waals surface area (Å²) in [6.07, 6.45) is 4.93. The van der Waals surface area contributed by atoms with Crippen molar-refractivity contribution in [3.63, 3.8) is 0 Å². The van der Waals surface area contributed by atoms with Crippen LogP contribution >= 0.6 is 11.6 Å². The maximum Gasteiger partial charge on any atom is 0.243 e. The van der Waals surface area contributed by atoms with Gasteiger partial charge < -0.3 is 20.3 Å². The van der Waals surface area contributed by atoms with E-state index in [0.29, 0.717) is 23.5 Å². The molecule has 0 aliphatic carbocycles. The number of benzene rings is 2. The molecule has 2 saturated heterocycles. The molecular formula is C26H32ClN3O3. The van der Waals surface area contributed by atoms with Crippen molar-refractivity contribution in [2.75, 3.05) is 14.2 Å². The Balaban J connectivity index is 1.42. The lowest BCUT2D eigenvalue weighted by molar-refractivity contribution is -0.129. The zero-order chi connectivity index (χ0) is 23.4. The number of rotatable bonds is 8. The van der Waals surface area contributed by atoms with Crippen LogP contribution in [0.15, 0.2) is 48.5 Å². The third-order valence-corrected chi connectivity index (χ3v) is 7.23. The van der Waals surface area contributed by atoms with Crippen molar-refractivity contribution in [3.05, 3.63) is 64.7 Å². The molecule has 0 saturated carbocycles. The monoisotopic (exact) mass is 469 g/mol. The summed E-state index contributed by atoms with van der Waals surface area (Å²) in [6.45, 7) is 0. The fourth-order valence-electron chi connectivity index (χ4n) is 5.07. The molecule has 2 aliphatic rings. The molecule has 2 aliphatic heterocycles. The highest BCUT2D eigenvalue weighted by molar-refractivity contribution is 6.30. The summed E-state index contributed by atoms with van der Waals surface area (Å²) in [6, 6.07) is 15.4. The van der Waals surface area contributed by atoms with E-state index in [1.807, 2.05) is 36.4 Å². The summed E-state index contributed by atoms with van der Waals surface area (Å²) >= 11 is 6.02. The molecule has 2 aromatic carbocycles. The minimum Gasteiger partial charge on any atom is -0.497 e. The Hall–Kier alpha value is -2.57. The average Bonchev–Trinajstić information content (AvgIpc) is 3.01. The van der Waals surface area contributed by atoms with E-state index in [-0.39, 0.29) is 24.3 Å². The highest BCUT2D eigenvalue weighted by Crippen LogP contribution is 2.34. The first-order valence-electron chi connectivity index (χ1n) is 11.6. The highest BCUT2D eigenvalue weighted by Gasteiger charge is 2.39. The number of carbonyl (C=O) groups excluding carboxylic acids is 2. The Morgan fingerprint density at radius 3 is 2.24 bits per heavy atom. The molecule has 2 aromatic rings. The lowest BCUT2D eigenvalue weighted by atomic mass is 9.97. The smallest absolute Gasteiger partial charge is 0.243 e. The number of nitrogens with one attached hydrogen (secondary N) is 2. The molecule has 2 fully saturated rings. The van der Waals surface area contributed by atoms with Crippen molar-refractivity contribution in [1.29, 1.82) is 0 Å². The van der Waals surface area contributed by atoms with Crippen molar-refractivity contribution in [2.24, 2.45) is 0 Å². The first-order chi connectivity index (χ1) is 15.9. The van der Waals surface area contributed by atoms with Crippen LogP contribution in [-0.4, -0.2) is 55.0 Å². The number of fused-ring (bicyclic) bond motifs is 2. The van der Waals surface area contributed by atoms with Crippen LogP contribution in [0.2, 0.25) is 5.02 Å². The first-order valence-corrected chi connectivity index (χ1v) is 12.0. The van der Waals surface area contributed by atoms with Crippen LogP contribution in [0.25, 0.3) is 0 Å². The number of halogens is 1. The maximum absolute atomic E-state index is 13.3. The van der Waals surface area contributed by atoms with E-state index in [4.69, 9.17) is 16.3 Å². The van der Waals surface area contributed by atoms with E-state index < -0.39 is 6.04 Å². The zero-order valence-corrected chi connectivity index (χ0v) is 20.0. The number of hydrogen-bond donors (Lipinski definition) is 2. The molecular weight excluding hydrogens is 438 g/mol. The van der Waals surface area contributed by atoms with E-state index in [1.165, 1.54) is 12.8 Å². The fraction of sp³-hybridized carbons (Fsp3) is 0.462. The van der Waals surface area contributed by atoms with E-state index in [9.17, 15) is 9.59 Å². The van der Waals surface area contributed by atoms with Crippen LogP contribution in [0.5, 0.6) is 5.75 Å². The molecule has 0 aromatic heterocycles. The second-order valence-electron chi connectivity index (χ2n) is 9.20.